The molecule has 0 spiro atoms. The van der Waals surface area contributed by atoms with Crippen molar-refractivity contribution in [2.45, 2.75) is 50.9 Å². The molecule has 3 nitrogen and oxygen atoms in total. The van der Waals surface area contributed by atoms with Crippen molar-refractivity contribution in [1.29, 1.82) is 10.5 Å². The van der Waals surface area contributed by atoms with Crippen molar-refractivity contribution in [1.82, 2.24) is 0 Å². The molecule has 0 unspecified atom stereocenters. The van der Waals surface area contributed by atoms with E-state index in [4.69, 9.17) is 10.5 Å². The minimum atomic E-state index is 0.0346. The Labute approximate surface area is 143 Å². The number of benzene rings is 1. The van der Waals surface area contributed by atoms with E-state index in [9.17, 15) is 5.11 Å². The van der Waals surface area contributed by atoms with Gasteiger partial charge in [-0.05, 0) is 86.3 Å². The molecule has 0 aromatic heterocycles. The lowest BCUT2D eigenvalue weighted by molar-refractivity contribution is -0.00617. The summed E-state index contributed by atoms with van der Waals surface area (Å²) in [7, 11) is 0. The van der Waals surface area contributed by atoms with Gasteiger partial charge >= 0.3 is 0 Å². The maximum absolute atomic E-state index is 10.9. The van der Waals surface area contributed by atoms with Gasteiger partial charge in [0.25, 0.3) is 0 Å². The van der Waals surface area contributed by atoms with Crippen LogP contribution in [-0.4, -0.2) is 5.11 Å². The molecule has 0 heterocycles. The summed E-state index contributed by atoms with van der Waals surface area (Å²) in [5.74, 6) is 2.71. The minimum Gasteiger partial charge on any atom is -0.507 e. The SMILES string of the molecule is Cc1cc(C=C(C#N)C#N)c(O)c(C23CC4CC(CC(C4)C2)C3)c1. The molecule has 4 bridgehead atoms. The second-order valence-electron chi connectivity index (χ2n) is 8.23. The molecular weight excluding hydrogens is 296 g/mol. The monoisotopic (exact) mass is 318 g/mol. The Hall–Kier alpha value is -2.26. The van der Waals surface area contributed by atoms with Gasteiger partial charge < -0.3 is 5.11 Å². The number of hydrogen-bond donors (Lipinski definition) is 1. The highest BCUT2D eigenvalue weighted by Crippen LogP contribution is 2.62. The van der Waals surface area contributed by atoms with Crippen LogP contribution in [0.15, 0.2) is 17.7 Å². The quantitative estimate of drug-likeness (QED) is 0.810. The molecule has 4 fully saturated rings. The summed E-state index contributed by atoms with van der Waals surface area (Å²) >= 11 is 0. The van der Waals surface area contributed by atoms with E-state index in [0.717, 1.165) is 28.9 Å². The molecule has 1 N–H and O–H groups in total. The number of aryl methyl sites for hydroxylation is 1. The predicted octanol–water partition coefficient (Wildman–Crippen LogP) is 4.60. The number of phenolic OH excluding ortho intramolecular Hbond substituents is 1. The molecule has 0 atom stereocenters. The van der Waals surface area contributed by atoms with Gasteiger partial charge in [0.05, 0.1) is 0 Å². The molecule has 0 saturated heterocycles. The minimum absolute atomic E-state index is 0.0346. The Morgan fingerprint density at radius 3 is 2.12 bits per heavy atom. The Kier molecular flexibility index (Phi) is 3.43. The van der Waals surface area contributed by atoms with Gasteiger partial charge in [0.15, 0.2) is 0 Å². The molecule has 4 aliphatic carbocycles. The number of phenols is 1. The van der Waals surface area contributed by atoms with Crippen molar-refractivity contribution in [2.75, 3.05) is 0 Å². The highest BCUT2D eigenvalue weighted by Gasteiger charge is 2.52. The van der Waals surface area contributed by atoms with Gasteiger partial charge in [-0.3, -0.25) is 0 Å². The van der Waals surface area contributed by atoms with Crippen LogP contribution in [-0.2, 0) is 5.41 Å². The average molecular weight is 318 g/mol. The molecule has 3 heteroatoms. The maximum Gasteiger partial charge on any atom is 0.130 e. The summed E-state index contributed by atoms with van der Waals surface area (Å²) in [4.78, 5) is 0. The first-order chi connectivity index (χ1) is 11.5. The second-order valence-corrected chi connectivity index (χ2v) is 8.23. The Morgan fingerprint density at radius 1 is 1.08 bits per heavy atom. The summed E-state index contributed by atoms with van der Waals surface area (Å²) in [5, 5.41) is 29.0. The molecule has 1 aromatic carbocycles. The van der Waals surface area contributed by atoms with E-state index < -0.39 is 0 Å². The Morgan fingerprint density at radius 2 is 1.62 bits per heavy atom. The van der Waals surface area contributed by atoms with E-state index in [1.165, 1.54) is 44.6 Å². The lowest BCUT2D eigenvalue weighted by Gasteiger charge is -2.57. The zero-order chi connectivity index (χ0) is 16.9. The molecule has 122 valence electrons. The number of allylic oxidation sites excluding steroid dienone is 1. The standard InChI is InChI=1S/C21H22N2O/c1-13-2-18(7-17(11-22)12-23)20(24)19(3-13)21-8-14-4-15(9-21)6-16(5-14)10-21/h2-3,7,14-16,24H,4-6,8-10H2,1H3. The fraction of sp³-hybridized carbons (Fsp3) is 0.524. The normalized spacial score (nSPS) is 32.9. The van der Waals surface area contributed by atoms with Crippen LogP contribution in [0.2, 0.25) is 0 Å². The topological polar surface area (TPSA) is 67.8 Å². The smallest absolute Gasteiger partial charge is 0.130 e. The molecule has 0 amide bonds. The molecule has 1 aromatic rings. The van der Waals surface area contributed by atoms with Crippen molar-refractivity contribution >= 4 is 6.08 Å². The maximum atomic E-state index is 10.9. The zero-order valence-corrected chi connectivity index (χ0v) is 14.0. The van der Waals surface area contributed by atoms with Crippen LogP contribution in [0.5, 0.6) is 5.75 Å². The fourth-order valence-corrected chi connectivity index (χ4v) is 6.01. The van der Waals surface area contributed by atoms with Crippen LogP contribution in [0.4, 0.5) is 0 Å². The van der Waals surface area contributed by atoms with Crippen molar-refractivity contribution < 1.29 is 5.11 Å². The van der Waals surface area contributed by atoms with E-state index in [-0.39, 0.29) is 16.7 Å². The van der Waals surface area contributed by atoms with Gasteiger partial charge in [0.1, 0.15) is 23.5 Å². The third kappa shape index (κ3) is 2.31. The third-order valence-electron chi connectivity index (χ3n) is 6.43. The highest BCUT2D eigenvalue weighted by atomic mass is 16.3. The van der Waals surface area contributed by atoms with E-state index in [0.29, 0.717) is 5.56 Å². The first-order valence-electron chi connectivity index (χ1n) is 8.89. The van der Waals surface area contributed by atoms with Gasteiger partial charge in [0, 0.05) is 11.1 Å². The van der Waals surface area contributed by atoms with E-state index >= 15 is 0 Å². The van der Waals surface area contributed by atoms with Crippen LogP contribution < -0.4 is 0 Å². The van der Waals surface area contributed by atoms with Gasteiger partial charge in [-0.25, -0.2) is 0 Å². The lowest BCUT2D eigenvalue weighted by Crippen LogP contribution is -2.48. The van der Waals surface area contributed by atoms with Crippen molar-refractivity contribution in [3.63, 3.8) is 0 Å². The van der Waals surface area contributed by atoms with Crippen molar-refractivity contribution in [2.24, 2.45) is 17.8 Å². The van der Waals surface area contributed by atoms with Gasteiger partial charge in [-0.15, -0.1) is 0 Å². The molecule has 4 saturated carbocycles. The summed E-state index contributed by atoms with van der Waals surface area (Å²) in [5.41, 5.74) is 2.89. The molecular formula is C21H22N2O. The highest BCUT2D eigenvalue weighted by molar-refractivity contribution is 5.69. The van der Waals surface area contributed by atoms with E-state index in [1.807, 2.05) is 25.1 Å². The molecule has 0 radical (unpaired) electrons. The van der Waals surface area contributed by atoms with Crippen LogP contribution in [0, 0.1) is 47.3 Å². The summed E-state index contributed by atoms with van der Waals surface area (Å²) in [6.07, 6.45) is 9.17. The Bertz CT molecular complexity index is 755. The summed E-state index contributed by atoms with van der Waals surface area (Å²) in [6, 6.07) is 7.79. The first-order valence-corrected chi connectivity index (χ1v) is 8.89. The first kappa shape index (κ1) is 15.3. The molecule has 0 aliphatic heterocycles. The van der Waals surface area contributed by atoms with Gasteiger partial charge in [0.2, 0.25) is 0 Å². The van der Waals surface area contributed by atoms with Crippen LogP contribution in [0.25, 0.3) is 6.08 Å². The van der Waals surface area contributed by atoms with Crippen LogP contribution in [0.1, 0.15) is 55.2 Å². The predicted molar refractivity (Wildman–Crippen MR) is 91.9 cm³/mol. The summed E-state index contributed by atoms with van der Waals surface area (Å²) < 4.78 is 0. The largest absolute Gasteiger partial charge is 0.507 e. The lowest BCUT2D eigenvalue weighted by atomic mass is 9.48. The van der Waals surface area contributed by atoms with E-state index in [1.54, 1.807) is 0 Å². The molecule has 24 heavy (non-hydrogen) atoms. The fourth-order valence-electron chi connectivity index (χ4n) is 6.01. The van der Waals surface area contributed by atoms with Crippen LogP contribution >= 0.6 is 0 Å². The third-order valence-corrected chi connectivity index (χ3v) is 6.43. The van der Waals surface area contributed by atoms with Crippen molar-refractivity contribution in [3.8, 4) is 17.9 Å². The van der Waals surface area contributed by atoms with Gasteiger partial charge in [-0.2, -0.15) is 10.5 Å². The zero-order valence-electron chi connectivity index (χ0n) is 14.0. The number of nitriles is 2. The number of hydrogen-bond acceptors (Lipinski definition) is 3. The molecule has 5 rings (SSSR count). The van der Waals surface area contributed by atoms with Crippen LogP contribution in [0.3, 0.4) is 0 Å². The summed E-state index contributed by atoms with van der Waals surface area (Å²) in [6.45, 7) is 2.03. The van der Waals surface area contributed by atoms with E-state index in [2.05, 4.69) is 6.07 Å². The number of aromatic hydroxyl groups is 1. The van der Waals surface area contributed by atoms with Gasteiger partial charge in [-0.1, -0.05) is 6.07 Å². The number of nitrogens with zero attached hydrogens (tertiary/aromatic N) is 2. The van der Waals surface area contributed by atoms with Crippen molar-refractivity contribution in [3.05, 3.63) is 34.4 Å². The number of rotatable bonds is 2. The molecule has 4 aliphatic rings. The Balaban J connectivity index is 1.82. The second kappa shape index (κ2) is 5.38. The average Bonchev–Trinajstić information content (AvgIpc) is 2.54.